The number of carboxylic acid groups (broad SMARTS) is 1. The minimum Gasteiger partial charge on any atom is -0.487 e. The molecule has 0 radical (unpaired) electrons. The van der Waals surface area contributed by atoms with Crippen LogP contribution in [0.25, 0.3) is 0 Å². The van der Waals surface area contributed by atoms with Crippen molar-refractivity contribution in [3.05, 3.63) is 46.7 Å². The first-order valence-corrected chi connectivity index (χ1v) is 6.43. The van der Waals surface area contributed by atoms with E-state index >= 15 is 0 Å². The van der Waals surface area contributed by atoms with E-state index in [1.54, 1.807) is 6.92 Å². The Hall–Kier alpha value is -2.30. The van der Waals surface area contributed by atoms with Crippen molar-refractivity contribution in [1.82, 2.24) is 4.98 Å². The molecule has 0 aromatic carbocycles. The molecule has 0 bridgehead atoms. The summed E-state index contributed by atoms with van der Waals surface area (Å²) in [6, 6.07) is 5.26. The van der Waals surface area contributed by atoms with Gasteiger partial charge in [-0.2, -0.15) is 0 Å². The van der Waals surface area contributed by atoms with Gasteiger partial charge >= 0.3 is 5.97 Å². The summed E-state index contributed by atoms with van der Waals surface area (Å²) in [5, 5.41) is 8.88. The number of rotatable bonds is 5. The molecular weight excluding hydrogens is 258 g/mol. The summed E-state index contributed by atoms with van der Waals surface area (Å²) in [6.45, 7) is 5.93. The molecule has 2 heterocycles. The van der Waals surface area contributed by atoms with E-state index < -0.39 is 5.97 Å². The van der Waals surface area contributed by atoms with Gasteiger partial charge in [-0.25, -0.2) is 4.79 Å². The van der Waals surface area contributed by atoms with Crippen LogP contribution in [0.4, 0.5) is 0 Å². The Kier molecular flexibility index (Phi) is 4.08. The van der Waals surface area contributed by atoms with Crippen LogP contribution < -0.4 is 4.74 Å². The zero-order valence-electron chi connectivity index (χ0n) is 11.8. The van der Waals surface area contributed by atoms with Crippen molar-refractivity contribution in [2.24, 2.45) is 0 Å². The van der Waals surface area contributed by atoms with Crippen molar-refractivity contribution in [1.29, 1.82) is 0 Å². The van der Waals surface area contributed by atoms with E-state index in [0.29, 0.717) is 5.76 Å². The summed E-state index contributed by atoms with van der Waals surface area (Å²) < 4.78 is 10.9. The molecule has 0 unspecified atom stereocenters. The van der Waals surface area contributed by atoms with Gasteiger partial charge in [-0.05, 0) is 38.5 Å². The summed E-state index contributed by atoms with van der Waals surface area (Å²) in [6.07, 6.45) is 0.780. The molecule has 0 fully saturated rings. The molecule has 0 aliphatic heterocycles. The maximum Gasteiger partial charge on any atom is 0.371 e. The Morgan fingerprint density at radius 3 is 2.75 bits per heavy atom. The molecule has 5 nitrogen and oxygen atoms in total. The Balaban J connectivity index is 2.14. The third-order valence-electron chi connectivity index (χ3n) is 3.02. The molecule has 2 aromatic heterocycles. The smallest absolute Gasteiger partial charge is 0.371 e. The monoisotopic (exact) mass is 275 g/mol. The number of pyridine rings is 1. The lowest BCUT2D eigenvalue weighted by Gasteiger charge is -2.09. The van der Waals surface area contributed by atoms with E-state index in [9.17, 15) is 4.79 Å². The van der Waals surface area contributed by atoms with Crippen LogP contribution in [-0.4, -0.2) is 16.1 Å². The van der Waals surface area contributed by atoms with Crippen LogP contribution in [0.3, 0.4) is 0 Å². The van der Waals surface area contributed by atoms with Gasteiger partial charge < -0.3 is 14.3 Å². The third kappa shape index (κ3) is 2.99. The van der Waals surface area contributed by atoms with Gasteiger partial charge in [-0.15, -0.1) is 0 Å². The lowest BCUT2D eigenvalue weighted by atomic mass is 10.2. The van der Waals surface area contributed by atoms with E-state index in [1.807, 2.05) is 26.0 Å². The average molecular weight is 275 g/mol. The van der Waals surface area contributed by atoms with Gasteiger partial charge in [0, 0.05) is 11.3 Å². The molecule has 0 saturated heterocycles. The minimum atomic E-state index is -1.08. The van der Waals surface area contributed by atoms with Crippen molar-refractivity contribution in [3.8, 4) is 5.75 Å². The first kappa shape index (κ1) is 14.1. The van der Waals surface area contributed by atoms with Crippen LogP contribution in [0.2, 0.25) is 0 Å². The SMILES string of the molecule is CCc1nc(C)ccc1OCc1cc(C(=O)O)oc1C. The lowest BCUT2D eigenvalue weighted by molar-refractivity contribution is 0.0661. The fraction of sp³-hybridized carbons (Fsp3) is 0.333. The highest BCUT2D eigenvalue weighted by Crippen LogP contribution is 2.21. The summed E-state index contributed by atoms with van der Waals surface area (Å²) in [4.78, 5) is 15.3. The van der Waals surface area contributed by atoms with E-state index in [0.717, 1.165) is 29.1 Å². The zero-order valence-corrected chi connectivity index (χ0v) is 11.8. The van der Waals surface area contributed by atoms with E-state index in [2.05, 4.69) is 4.98 Å². The number of aryl methyl sites for hydroxylation is 3. The van der Waals surface area contributed by atoms with Crippen molar-refractivity contribution in [3.63, 3.8) is 0 Å². The van der Waals surface area contributed by atoms with Gasteiger partial charge in [0.15, 0.2) is 0 Å². The second-order valence-electron chi connectivity index (χ2n) is 4.54. The van der Waals surface area contributed by atoms with Crippen LogP contribution in [0.1, 0.15) is 40.2 Å². The molecule has 0 saturated carbocycles. The second-order valence-corrected chi connectivity index (χ2v) is 4.54. The van der Waals surface area contributed by atoms with E-state index in [1.165, 1.54) is 6.07 Å². The molecule has 0 amide bonds. The topological polar surface area (TPSA) is 72.6 Å². The fourth-order valence-electron chi connectivity index (χ4n) is 1.91. The van der Waals surface area contributed by atoms with Crippen LogP contribution in [-0.2, 0) is 13.0 Å². The molecule has 20 heavy (non-hydrogen) atoms. The van der Waals surface area contributed by atoms with Crippen LogP contribution in [0, 0.1) is 13.8 Å². The van der Waals surface area contributed by atoms with Gasteiger partial charge in [0.1, 0.15) is 18.1 Å². The standard InChI is InChI=1S/C15H17NO4/c1-4-12-13(6-5-9(2)16-12)19-8-11-7-14(15(17)18)20-10(11)3/h5-7H,4,8H2,1-3H3,(H,17,18). The largest absolute Gasteiger partial charge is 0.487 e. The zero-order chi connectivity index (χ0) is 14.7. The number of aromatic carboxylic acids is 1. The van der Waals surface area contributed by atoms with Gasteiger partial charge in [0.25, 0.3) is 0 Å². The molecule has 2 rings (SSSR count). The molecular formula is C15H17NO4. The summed E-state index contributed by atoms with van der Waals surface area (Å²) in [5.41, 5.74) is 2.57. The first-order valence-electron chi connectivity index (χ1n) is 6.43. The van der Waals surface area contributed by atoms with Crippen molar-refractivity contribution in [2.75, 3.05) is 0 Å². The predicted octanol–water partition coefficient (Wildman–Crippen LogP) is 3.13. The summed E-state index contributed by atoms with van der Waals surface area (Å²) in [5.74, 6) is 0.126. The molecule has 0 spiro atoms. The second kappa shape index (κ2) is 5.77. The Bertz CT molecular complexity index is 631. The lowest BCUT2D eigenvalue weighted by Crippen LogP contribution is -2.01. The van der Waals surface area contributed by atoms with Gasteiger partial charge in [0.05, 0.1) is 5.69 Å². The van der Waals surface area contributed by atoms with Crippen molar-refractivity contribution < 1.29 is 19.1 Å². The van der Waals surface area contributed by atoms with Gasteiger partial charge in [-0.3, -0.25) is 4.98 Å². The Morgan fingerprint density at radius 1 is 1.40 bits per heavy atom. The number of aromatic nitrogens is 1. The molecule has 106 valence electrons. The number of ether oxygens (including phenoxy) is 1. The Morgan fingerprint density at radius 2 is 2.15 bits per heavy atom. The number of furan rings is 1. The normalized spacial score (nSPS) is 10.6. The van der Waals surface area contributed by atoms with Crippen LogP contribution in [0.5, 0.6) is 5.75 Å². The molecule has 0 atom stereocenters. The van der Waals surface area contributed by atoms with Crippen LogP contribution >= 0.6 is 0 Å². The minimum absolute atomic E-state index is 0.0705. The highest BCUT2D eigenvalue weighted by Gasteiger charge is 2.14. The van der Waals surface area contributed by atoms with E-state index in [4.69, 9.17) is 14.3 Å². The molecule has 0 aliphatic rings. The molecule has 0 aliphatic carbocycles. The Labute approximate surface area is 117 Å². The van der Waals surface area contributed by atoms with Crippen molar-refractivity contribution >= 4 is 5.97 Å². The summed E-state index contributed by atoms with van der Waals surface area (Å²) >= 11 is 0. The molecule has 1 N–H and O–H groups in total. The quantitative estimate of drug-likeness (QED) is 0.907. The average Bonchev–Trinajstić information content (AvgIpc) is 2.79. The molecule has 2 aromatic rings. The maximum atomic E-state index is 10.8. The van der Waals surface area contributed by atoms with Crippen LogP contribution in [0.15, 0.2) is 22.6 Å². The third-order valence-corrected chi connectivity index (χ3v) is 3.02. The maximum absolute atomic E-state index is 10.8. The summed E-state index contributed by atoms with van der Waals surface area (Å²) in [7, 11) is 0. The number of carbonyl (C=O) groups is 1. The fourth-order valence-corrected chi connectivity index (χ4v) is 1.91. The number of hydrogen-bond acceptors (Lipinski definition) is 4. The van der Waals surface area contributed by atoms with Gasteiger partial charge in [-0.1, -0.05) is 6.92 Å². The van der Waals surface area contributed by atoms with Crippen molar-refractivity contribution in [2.45, 2.75) is 33.8 Å². The first-order chi connectivity index (χ1) is 9.51. The molecule has 5 heteroatoms. The number of nitrogens with zero attached hydrogens (tertiary/aromatic N) is 1. The highest BCUT2D eigenvalue weighted by atomic mass is 16.5. The van der Waals surface area contributed by atoms with Gasteiger partial charge in [0.2, 0.25) is 5.76 Å². The highest BCUT2D eigenvalue weighted by molar-refractivity contribution is 5.84. The number of hydrogen-bond donors (Lipinski definition) is 1. The number of carboxylic acids is 1. The van der Waals surface area contributed by atoms with E-state index in [-0.39, 0.29) is 12.4 Å². The predicted molar refractivity (Wildman–Crippen MR) is 73.1 cm³/mol.